The van der Waals surface area contributed by atoms with Crippen LogP contribution in [0.5, 0.6) is 5.88 Å². The summed E-state index contributed by atoms with van der Waals surface area (Å²) in [7, 11) is 1.88. The Bertz CT molecular complexity index is 858. The van der Waals surface area contributed by atoms with E-state index in [9.17, 15) is 0 Å². The van der Waals surface area contributed by atoms with Crippen molar-refractivity contribution in [3.05, 3.63) is 53.4 Å². The Morgan fingerprint density at radius 1 is 1.12 bits per heavy atom. The monoisotopic (exact) mass is 343 g/mol. The van der Waals surface area contributed by atoms with Crippen molar-refractivity contribution >= 4 is 17.3 Å². The molecule has 0 aliphatic carbocycles. The van der Waals surface area contributed by atoms with Crippen LogP contribution in [-0.4, -0.2) is 19.7 Å². The molecule has 0 fully saturated rings. The van der Waals surface area contributed by atoms with E-state index >= 15 is 0 Å². The van der Waals surface area contributed by atoms with E-state index in [-0.39, 0.29) is 0 Å². The van der Waals surface area contributed by atoms with Gasteiger partial charge in [-0.1, -0.05) is 23.7 Å². The highest BCUT2D eigenvalue weighted by Gasteiger charge is 2.30. The first-order valence-corrected chi connectivity index (χ1v) is 7.81. The first-order chi connectivity index (χ1) is 11.4. The normalized spacial score (nSPS) is 11.5. The zero-order valence-corrected chi connectivity index (χ0v) is 14.4. The molecule has 0 atom stereocenters. The molecule has 124 valence electrons. The van der Waals surface area contributed by atoms with Crippen molar-refractivity contribution in [2.45, 2.75) is 19.4 Å². The van der Waals surface area contributed by atoms with Crippen molar-refractivity contribution in [1.29, 1.82) is 0 Å². The first-order valence-electron chi connectivity index (χ1n) is 7.44. The van der Waals surface area contributed by atoms with Crippen LogP contribution >= 0.6 is 11.6 Å². The number of hydrogen-bond acceptors (Lipinski definition) is 5. The maximum Gasteiger partial charge on any atom is 0.214 e. The third-order valence-electron chi connectivity index (χ3n) is 3.65. The van der Waals surface area contributed by atoms with Crippen LogP contribution in [0.1, 0.15) is 19.7 Å². The van der Waals surface area contributed by atoms with Gasteiger partial charge in [-0.2, -0.15) is 0 Å². The first kappa shape index (κ1) is 16.3. The highest BCUT2D eigenvalue weighted by Crippen LogP contribution is 2.30. The van der Waals surface area contributed by atoms with E-state index in [1.54, 1.807) is 18.3 Å². The molecule has 0 saturated carbocycles. The Labute approximate surface area is 145 Å². The molecule has 2 N–H and O–H groups in total. The lowest BCUT2D eigenvalue weighted by Gasteiger charge is -2.24. The molecule has 2 aromatic heterocycles. The molecule has 0 bridgehead atoms. The molecule has 0 spiro atoms. The van der Waals surface area contributed by atoms with Gasteiger partial charge in [0.15, 0.2) is 17.2 Å². The number of hydrogen-bond donors (Lipinski definition) is 1. The van der Waals surface area contributed by atoms with Gasteiger partial charge in [0.2, 0.25) is 5.88 Å². The smallest absolute Gasteiger partial charge is 0.214 e. The van der Waals surface area contributed by atoms with Crippen molar-refractivity contribution in [3.8, 4) is 17.3 Å². The third-order valence-corrected chi connectivity index (χ3v) is 3.98. The van der Waals surface area contributed by atoms with Crippen LogP contribution in [0.25, 0.3) is 11.4 Å². The van der Waals surface area contributed by atoms with Crippen LogP contribution < -0.4 is 10.5 Å². The minimum atomic E-state index is -0.732. The maximum absolute atomic E-state index is 6.26. The Morgan fingerprint density at radius 3 is 2.54 bits per heavy atom. The summed E-state index contributed by atoms with van der Waals surface area (Å²) in [6.07, 6.45) is 1.55. The SMILES string of the molecule is Cn1c(-c2ccccc2Cl)nnc1C(C)(C)Oc1ccc(N)cn1. The summed E-state index contributed by atoms with van der Waals surface area (Å²) in [5.74, 6) is 1.81. The maximum atomic E-state index is 6.26. The number of nitrogen functional groups attached to an aromatic ring is 1. The number of nitrogens with zero attached hydrogens (tertiary/aromatic N) is 4. The van der Waals surface area contributed by atoms with Crippen LogP contribution in [0.3, 0.4) is 0 Å². The zero-order valence-electron chi connectivity index (χ0n) is 13.7. The number of nitrogens with two attached hydrogens (primary N) is 1. The quantitative estimate of drug-likeness (QED) is 0.785. The molecular weight excluding hydrogens is 326 g/mol. The van der Waals surface area contributed by atoms with Gasteiger partial charge in [-0.25, -0.2) is 4.98 Å². The second-order valence-electron chi connectivity index (χ2n) is 5.93. The van der Waals surface area contributed by atoms with Crippen LogP contribution in [0.15, 0.2) is 42.6 Å². The van der Waals surface area contributed by atoms with Crippen LogP contribution in [0.4, 0.5) is 5.69 Å². The lowest BCUT2D eigenvalue weighted by molar-refractivity contribution is 0.0889. The predicted octanol–water partition coefficient (Wildman–Crippen LogP) is 3.43. The molecule has 6 nitrogen and oxygen atoms in total. The number of aromatic nitrogens is 4. The average Bonchev–Trinajstić information content (AvgIpc) is 2.92. The van der Waals surface area contributed by atoms with Crippen molar-refractivity contribution in [2.75, 3.05) is 5.73 Å². The standard InChI is InChI=1S/C17H18ClN5O/c1-17(2,24-14-9-8-11(19)10-20-14)16-22-21-15(23(16)3)12-6-4-5-7-13(12)18/h4-10H,19H2,1-3H3. The number of anilines is 1. The molecule has 0 radical (unpaired) electrons. The Kier molecular flexibility index (Phi) is 4.15. The summed E-state index contributed by atoms with van der Waals surface area (Å²) in [5, 5.41) is 9.20. The highest BCUT2D eigenvalue weighted by atomic mass is 35.5. The molecule has 0 aliphatic rings. The second-order valence-corrected chi connectivity index (χ2v) is 6.34. The summed E-state index contributed by atoms with van der Waals surface area (Å²) in [4.78, 5) is 4.17. The lowest BCUT2D eigenvalue weighted by atomic mass is 10.1. The predicted molar refractivity (Wildman–Crippen MR) is 93.8 cm³/mol. The highest BCUT2D eigenvalue weighted by molar-refractivity contribution is 6.33. The minimum Gasteiger partial charge on any atom is -0.463 e. The summed E-state index contributed by atoms with van der Waals surface area (Å²) >= 11 is 6.26. The summed E-state index contributed by atoms with van der Waals surface area (Å²) in [6.45, 7) is 3.82. The van der Waals surface area contributed by atoms with Gasteiger partial charge in [-0.05, 0) is 32.0 Å². The van der Waals surface area contributed by atoms with Crippen molar-refractivity contribution in [2.24, 2.45) is 7.05 Å². The number of halogens is 1. The van der Waals surface area contributed by atoms with Crippen molar-refractivity contribution in [3.63, 3.8) is 0 Å². The fourth-order valence-corrected chi connectivity index (χ4v) is 2.71. The van der Waals surface area contributed by atoms with E-state index in [0.717, 1.165) is 5.56 Å². The molecule has 3 aromatic rings. The molecule has 24 heavy (non-hydrogen) atoms. The summed E-state index contributed by atoms with van der Waals surface area (Å²) in [6, 6.07) is 11.0. The van der Waals surface area contributed by atoms with E-state index in [1.807, 2.05) is 49.7 Å². The van der Waals surface area contributed by atoms with E-state index in [0.29, 0.717) is 28.2 Å². The second kappa shape index (κ2) is 6.13. The summed E-state index contributed by atoms with van der Waals surface area (Å²) < 4.78 is 7.85. The molecule has 0 aliphatic heterocycles. The van der Waals surface area contributed by atoms with E-state index < -0.39 is 5.60 Å². The molecule has 3 rings (SSSR count). The Balaban J connectivity index is 1.94. The van der Waals surface area contributed by atoms with Gasteiger partial charge in [-0.3, -0.25) is 0 Å². The molecule has 0 amide bonds. The molecular formula is C17H18ClN5O. The minimum absolute atomic E-state index is 0.469. The Hall–Kier alpha value is -2.60. The van der Waals surface area contributed by atoms with E-state index in [2.05, 4.69) is 15.2 Å². The molecule has 0 unspecified atom stereocenters. The van der Waals surface area contributed by atoms with Gasteiger partial charge in [0.1, 0.15) is 0 Å². The number of ether oxygens (including phenoxy) is 1. The molecule has 1 aromatic carbocycles. The van der Waals surface area contributed by atoms with Gasteiger partial charge >= 0.3 is 0 Å². The van der Waals surface area contributed by atoms with Gasteiger partial charge in [0.25, 0.3) is 0 Å². The Morgan fingerprint density at radius 2 is 1.88 bits per heavy atom. The molecule has 7 heteroatoms. The average molecular weight is 344 g/mol. The van der Waals surface area contributed by atoms with Gasteiger partial charge in [0, 0.05) is 18.7 Å². The largest absolute Gasteiger partial charge is 0.463 e. The van der Waals surface area contributed by atoms with E-state index in [4.69, 9.17) is 22.1 Å². The van der Waals surface area contributed by atoms with Gasteiger partial charge < -0.3 is 15.0 Å². The van der Waals surface area contributed by atoms with Crippen LogP contribution in [0, 0.1) is 0 Å². The van der Waals surface area contributed by atoms with Crippen molar-refractivity contribution < 1.29 is 4.74 Å². The topological polar surface area (TPSA) is 78.8 Å². The van der Waals surface area contributed by atoms with Crippen molar-refractivity contribution in [1.82, 2.24) is 19.7 Å². The summed E-state index contributed by atoms with van der Waals surface area (Å²) in [5.41, 5.74) is 6.32. The van der Waals surface area contributed by atoms with Gasteiger partial charge in [0.05, 0.1) is 16.9 Å². The van der Waals surface area contributed by atoms with Crippen LogP contribution in [0.2, 0.25) is 5.02 Å². The number of pyridine rings is 1. The lowest BCUT2D eigenvalue weighted by Crippen LogP contribution is -2.29. The number of rotatable bonds is 4. The third kappa shape index (κ3) is 3.05. The fourth-order valence-electron chi connectivity index (χ4n) is 2.49. The van der Waals surface area contributed by atoms with Crippen LogP contribution in [-0.2, 0) is 12.6 Å². The van der Waals surface area contributed by atoms with E-state index in [1.165, 1.54) is 0 Å². The number of benzene rings is 1. The van der Waals surface area contributed by atoms with Gasteiger partial charge in [-0.15, -0.1) is 10.2 Å². The zero-order chi connectivity index (χ0) is 17.3. The molecule has 0 saturated heterocycles. The fraction of sp³-hybridized carbons (Fsp3) is 0.235. The molecule has 2 heterocycles.